The Morgan fingerprint density at radius 1 is 1.50 bits per heavy atom. The van der Waals surface area contributed by atoms with Gasteiger partial charge in [-0.05, 0) is 25.0 Å². The number of benzene rings is 1. The van der Waals surface area contributed by atoms with Crippen LogP contribution < -0.4 is 5.73 Å². The molecule has 88 valence electrons. The first-order valence-corrected chi connectivity index (χ1v) is 5.65. The molecule has 1 aromatic rings. The Balaban J connectivity index is 3.16. The van der Waals surface area contributed by atoms with Crippen LogP contribution in [0.4, 0.5) is 5.69 Å². The fourth-order valence-corrected chi connectivity index (χ4v) is 1.72. The lowest BCUT2D eigenvalue weighted by molar-refractivity contribution is 0.0506. The number of esters is 1. The number of halogens is 2. The van der Waals surface area contributed by atoms with Gasteiger partial charge >= 0.3 is 5.97 Å². The molecule has 0 fully saturated rings. The van der Waals surface area contributed by atoms with Crippen molar-refractivity contribution in [3.63, 3.8) is 0 Å². The Morgan fingerprint density at radius 2 is 2.12 bits per heavy atom. The number of carbonyl (C=O) groups is 1. The highest BCUT2D eigenvalue weighted by molar-refractivity contribution is 6.38. The van der Waals surface area contributed by atoms with E-state index in [0.717, 1.165) is 6.42 Å². The van der Waals surface area contributed by atoms with Crippen molar-refractivity contribution in [2.45, 2.75) is 20.3 Å². The number of rotatable bonds is 3. The Labute approximate surface area is 104 Å². The molecule has 0 spiro atoms. The van der Waals surface area contributed by atoms with E-state index < -0.39 is 5.97 Å². The quantitative estimate of drug-likeness (QED) is 0.670. The van der Waals surface area contributed by atoms with E-state index in [2.05, 4.69) is 0 Å². The summed E-state index contributed by atoms with van der Waals surface area (Å²) < 4.78 is 4.99. The van der Waals surface area contributed by atoms with Gasteiger partial charge in [0.15, 0.2) is 0 Å². The van der Waals surface area contributed by atoms with Gasteiger partial charge in [0.2, 0.25) is 0 Å². The molecule has 0 aliphatic carbocycles. The van der Waals surface area contributed by atoms with Crippen LogP contribution in [-0.2, 0) is 4.74 Å². The van der Waals surface area contributed by atoms with E-state index >= 15 is 0 Å². The van der Waals surface area contributed by atoms with Crippen LogP contribution >= 0.6 is 23.2 Å². The van der Waals surface area contributed by atoms with Crippen LogP contribution in [0.25, 0.3) is 0 Å². The van der Waals surface area contributed by atoms with Crippen LogP contribution in [0.2, 0.25) is 10.0 Å². The molecule has 0 saturated carbocycles. The van der Waals surface area contributed by atoms with Crippen LogP contribution in [0, 0.1) is 6.92 Å². The average Bonchev–Trinajstić information content (AvgIpc) is 2.24. The zero-order valence-corrected chi connectivity index (χ0v) is 10.7. The van der Waals surface area contributed by atoms with Crippen LogP contribution in [0.5, 0.6) is 0 Å². The summed E-state index contributed by atoms with van der Waals surface area (Å²) in [7, 11) is 0. The zero-order chi connectivity index (χ0) is 12.3. The predicted octanol–water partition coefficient (Wildman–Crippen LogP) is 3.45. The van der Waals surface area contributed by atoms with Gasteiger partial charge in [-0.2, -0.15) is 0 Å². The monoisotopic (exact) mass is 261 g/mol. The molecule has 0 aliphatic rings. The van der Waals surface area contributed by atoms with Gasteiger partial charge in [0.1, 0.15) is 5.56 Å². The van der Waals surface area contributed by atoms with Crippen molar-refractivity contribution in [3.8, 4) is 0 Å². The minimum Gasteiger partial charge on any atom is -0.462 e. The molecule has 2 N–H and O–H groups in total. The van der Waals surface area contributed by atoms with E-state index in [1.165, 1.54) is 0 Å². The summed E-state index contributed by atoms with van der Waals surface area (Å²) in [4.78, 5) is 11.7. The van der Waals surface area contributed by atoms with Crippen LogP contribution in [-0.4, -0.2) is 12.6 Å². The number of nitrogen functional groups attached to an aromatic ring is 1. The maximum atomic E-state index is 11.7. The average molecular weight is 262 g/mol. The van der Waals surface area contributed by atoms with Crippen molar-refractivity contribution in [1.29, 1.82) is 0 Å². The van der Waals surface area contributed by atoms with Crippen molar-refractivity contribution in [2.24, 2.45) is 0 Å². The molecule has 0 heterocycles. The van der Waals surface area contributed by atoms with E-state index in [1.54, 1.807) is 13.0 Å². The van der Waals surface area contributed by atoms with E-state index in [9.17, 15) is 4.79 Å². The minimum atomic E-state index is -0.532. The molecule has 1 rings (SSSR count). The number of aryl methyl sites for hydroxylation is 1. The molecule has 16 heavy (non-hydrogen) atoms. The van der Waals surface area contributed by atoms with E-state index in [0.29, 0.717) is 22.2 Å². The van der Waals surface area contributed by atoms with Crippen LogP contribution in [0.1, 0.15) is 29.3 Å². The Hall–Kier alpha value is -0.930. The molecule has 0 amide bonds. The fourth-order valence-electron chi connectivity index (χ4n) is 1.23. The third-order valence-corrected chi connectivity index (χ3v) is 2.88. The SMILES string of the molecule is CCCOC(=O)c1c(N)c(Cl)cc(C)c1Cl. The van der Waals surface area contributed by atoms with Crippen molar-refractivity contribution < 1.29 is 9.53 Å². The number of ether oxygens (including phenoxy) is 1. The number of hydrogen-bond donors (Lipinski definition) is 1. The van der Waals surface area contributed by atoms with Crippen LogP contribution in [0.3, 0.4) is 0 Å². The van der Waals surface area contributed by atoms with Crippen molar-refractivity contribution in [2.75, 3.05) is 12.3 Å². The van der Waals surface area contributed by atoms with E-state index in [4.69, 9.17) is 33.7 Å². The molecule has 0 radical (unpaired) electrons. The topological polar surface area (TPSA) is 52.3 Å². The molecular weight excluding hydrogens is 249 g/mol. The predicted molar refractivity (Wildman–Crippen MR) is 66.2 cm³/mol. The first kappa shape index (κ1) is 13.1. The lowest BCUT2D eigenvalue weighted by Gasteiger charge is -2.11. The van der Waals surface area contributed by atoms with Gasteiger partial charge in [-0.3, -0.25) is 0 Å². The molecule has 0 aromatic heterocycles. The van der Waals surface area contributed by atoms with Gasteiger partial charge < -0.3 is 10.5 Å². The highest BCUT2D eigenvalue weighted by Crippen LogP contribution is 2.32. The molecular formula is C11H13Cl2NO2. The largest absolute Gasteiger partial charge is 0.462 e. The van der Waals surface area contributed by atoms with Crippen LogP contribution in [0.15, 0.2) is 6.07 Å². The lowest BCUT2D eigenvalue weighted by atomic mass is 10.1. The van der Waals surface area contributed by atoms with Crippen molar-refractivity contribution in [1.82, 2.24) is 0 Å². The second-order valence-electron chi connectivity index (χ2n) is 3.41. The van der Waals surface area contributed by atoms with Gasteiger partial charge in [0, 0.05) is 0 Å². The summed E-state index contributed by atoms with van der Waals surface area (Å²) in [5, 5.41) is 0.605. The summed E-state index contributed by atoms with van der Waals surface area (Å²) in [5.74, 6) is -0.532. The normalized spacial score (nSPS) is 10.2. The summed E-state index contributed by atoms with van der Waals surface area (Å²) in [6, 6.07) is 1.62. The molecule has 0 unspecified atom stereocenters. The molecule has 5 heteroatoms. The lowest BCUT2D eigenvalue weighted by Crippen LogP contribution is -2.10. The highest BCUT2D eigenvalue weighted by atomic mass is 35.5. The standard InChI is InChI=1S/C11H13Cl2NO2/c1-3-4-16-11(15)8-9(13)6(2)5-7(12)10(8)14/h5H,3-4,14H2,1-2H3. The van der Waals surface area contributed by atoms with Crippen molar-refractivity contribution in [3.05, 3.63) is 27.2 Å². The Morgan fingerprint density at radius 3 is 2.69 bits per heavy atom. The third kappa shape index (κ3) is 2.60. The van der Waals surface area contributed by atoms with E-state index in [1.807, 2.05) is 6.92 Å². The molecule has 0 atom stereocenters. The zero-order valence-electron chi connectivity index (χ0n) is 9.14. The summed E-state index contributed by atoms with van der Waals surface area (Å²) in [6.07, 6.45) is 0.739. The second kappa shape index (κ2) is 5.41. The molecule has 3 nitrogen and oxygen atoms in total. The van der Waals surface area contributed by atoms with Gasteiger partial charge in [0.25, 0.3) is 0 Å². The minimum absolute atomic E-state index is 0.153. The highest BCUT2D eigenvalue weighted by Gasteiger charge is 2.19. The Bertz CT molecular complexity index is 393. The van der Waals surface area contributed by atoms with E-state index in [-0.39, 0.29) is 11.3 Å². The maximum Gasteiger partial charge on any atom is 0.341 e. The van der Waals surface area contributed by atoms with Gasteiger partial charge in [-0.1, -0.05) is 30.1 Å². The molecule has 1 aromatic carbocycles. The van der Waals surface area contributed by atoms with Crippen molar-refractivity contribution >= 4 is 34.9 Å². The Kier molecular flexibility index (Phi) is 4.44. The van der Waals surface area contributed by atoms with Gasteiger partial charge in [0.05, 0.1) is 22.3 Å². The summed E-state index contributed by atoms with van der Waals surface area (Å²) in [6.45, 7) is 3.99. The number of carbonyl (C=O) groups excluding carboxylic acids is 1. The first-order chi connectivity index (χ1) is 7.49. The molecule has 0 saturated heterocycles. The number of hydrogen-bond acceptors (Lipinski definition) is 3. The molecule has 0 aliphatic heterocycles. The smallest absolute Gasteiger partial charge is 0.341 e. The number of nitrogens with two attached hydrogens (primary N) is 1. The second-order valence-corrected chi connectivity index (χ2v) is 4.20. The summed E-state index contributed by atoms with van der Waals surface area (Å²) in [5.41, 5.74) is 6.72. The van der Waals surface area contributed by atoms with Gasteiger partial charge in [-0.15, -0.1) is 0 Å². The summed E-state index contributed by atoms with van der Waals surface area (Å²) >= 11 is 11.9. The van der Waals surface area contributed by atoms with Gasteiger partial charge in [-0.25, -0.2) is 4.79 Å². The molecule has 0 bridgehead atoms. The number of anilines is 1. The maximum absolute atomic E-state index is 11.7. The third-order valence-electron chi connectivity index (χ3n) is 2.08. The fraction of sp³-hybridized carbons (Fsp3) is 0.364. The first-order valence-electron chi connectivity index (χ1n) is 4.90.